The molecule has 5 rings (SSSR count). The van der Waals surface area contributed by atoms with Crippen molar-refractivity contribution in [2.24, 2.45) is 0 Å². The molecule has 156 valence electrons. The fourth-order valence-electron chi connectivity index (χ4n) is 3.32. The highest BCUT2D eigenvalue weighted by Crippen LogP contribution is 2.28. The number of carbonyl (C=O) groups excluding carboxylic acids is 1. The number of thioether (sulfide) groups is 1. The molecular weight excluding hydrogens is 428 g/mol. The number of aromatic nitrogens is 5. The molecule has 0 spiro atoms. The second-order valence-electron chi connectivity index (χ2n) is 7.10. The lowest BCUT2D eigenvalue weighted by Gasteiger charge is -2.09. The first-order valence-electron chi connectivity index (χ1n) is 9.96. The number of rotatable bonds is 6. The number of nitrogens with one attached hydrogen (secondary N) is 2. The Balaban J connectivity index is 1.30. The van der Waals surface area contributed by atoms with E-state index in [4.69, 9.17) is 0 Å². The molecule has 3 heterocycles. The lowest BCUT2D eigenvalue weighted by molar-refractivity contribution is -0.115. The maximum Gasteiger partial charge on any atom is 0.239 e. The minimum absolute atomic E-state index is 0.118. The van der Waals surface area contributed by atoms with Crippen LogP contribution in [0.3, 0.4) is 0 Å². The van der Waals surface area contributed by atoms with Crippen molar-refractivity contribution in [3.05, 3.63) is 59.5 Å². The molecule has 0 aliphatic carbocycles. The van der Waals surface area contributed by atoms with E-state index in [-0.39, 0.29) is 11.2 Å². The Labute approximate surface area is 186 Å². The van der Waals surface area contributed by atoms with Crippen LogP contribution in [0.5, 0.6) is 0 Å². The van der Waals surface area contributed by atoms with Gasteiger partial charge in [-0.2, -0.15) is 0 Å². The summed E-state index contributed by atoms with van der Waals surface area (Å²) in [6, 6.07) is 16.2. The van der Waals surface area contributed by atoms with E-state index in [1.54, 1.807) is 0 Å². The molecule has 0 fully saturated rings. The Morgan fingerprint density at radius 2 is 2.00 bits per heavy atom. The predicted molar refractivity (Wildman–Crippen MR) is 126 cm³/mol. The molecule has 1 amide bonds. The van der Waals surface area contributed by atoms with Gasteiger partial charge in [0.05, 0.1) is 22.0 Å². The van der Waals surface area contributed by atoms with E-state index in [0.29, 0.717) is 16.1 Å². The molecule has 31 heavy (non-hydrogen) atoms. The fourth-order valence-corrected chi connectivity index (χ4v) is 4.91. The van der Waals surface area contributed by atoms with E-state index >= 15 is 0 Å². The predicted octanol–water partition coefficient (Wildman–Crippen LogP) is 5.02. The molecule has 0 saturated carbocycles. The molecule has 0 unspecified atom stereocenters. The van der Waals surface area contributed by atoms with Gasteiger partial charge in [0.1, 0.15) is 0 Å². The summed E-state index contributed by atoms with van der Waals surface area (Å²) in [5, 5.41) is 13.1. The van der Waals surface area contributed by atoms with E-state index in [1.807, 2.05) is 41.0 Å². The van der Waals surface area contributed by atoms with Crippen molar-refractivity contribution in [2.45, 2.75) is 30.7 Å². The lowest BCUT2D eigenvalue weighted by atomic mass is 10.1. The first kappa shape index (κ1) is 19.8. The van der Waals surface area contributed by atoms with Crippen LogP contribution in [-0.2, 0) is 11.2 Å². The van der Waals surface area contributed by atoms with Crippen LogP contribution in [0.2, 0.25) is 0 Å². The van der Waals surface area contributed by atoms with Gasteiger partial charge in [0, 0.05) is 10.9 Å². The zero-order valence-electron chi connectivity index (χ0n) is 17.0. The highest BCUT2D eigenvalue weighted by atomic mass is 32.2. The molecule has 2 N–H and O–H groups in total. The maximum atomic E-state index is 12.8. The number of aromatic amines is 1. The minimum atomic E-state index is -0.358. The van der Waals surface area contributed by atoms with Gasteiger partial charge in [-0.1, -0.05) is 55.1 Å². The van der Waals surface area contributed by atoms with Crippen molar-refractivity contribution < 1.29 is 4.79 Å². The molecule has 1 atom stereocenters. The first-order chi connectivity index (χ1) is 15.1. The van der Waals surface area contributed by atoms with Gasteiger partial charge in [0.2, 0.25) is 11.7 Å². The van der Waals surface area contributed by atoms with Gasteiger partial charge in [0.15, 0.2) is 10.3 Å². The number of aryl methyl sites for hydroxylation is 1. The van der Waals surface area contributed by atoms with Crippen molar-refractivity contribution in [2.75, 3.05) is 5.32 Å². The van der Waals surface area contributed by atoms with Crippen molar-refractivity contribution in [1.82, 2.24) is 24.6 Å². The average molecular weight is 449 g/mol. The van der Waals surface area contributed by atoms with Crippen molar-refractivity contribution >= 4 is 50.9 Å². The zero-order valence-corrected chi connectivity index (χ0v) is 18.6. The number of H-pyrrole nitrogens is 1. The third-order valence-electron chi connectivity index (χ3n) is 5.05. The maximum absolute atomic E-state index is 12.8. The normalized spacial score (nSPS) is 12.5. The van der Waals surface area contributed by atoms with E-state index in [9.17, 15) is 4.79 Å². The monoisotopic (exact) mass is 448 g/mol. The van der Waals surface area contributed by atoms with Crippen LogP contribution >= 0.6 is 23.1 Å². The van der Waals surface area contributed by atoms with Crippen LogP contribution in [0.1, 0.15) is 19.4 Å². The van der Waals surface area contributed by atoms with Gasteiger partial charge in [-0.3, -0.25) is 9.20 Å². The van der Waals surface area contributed by atoms with Gasteiger partial charge in [-0.05, 0) is 31.0 Å². The van der Waals surface area contributed by atoms with Crippen LogP contribution in [0.25, 0.3) is 28.1 Å². The van der Waals surface area contributed by atoms with Crippen LogP contribution < -0.4 is 5.32 Å². The molecule has 3 aromatic heterocycles. The number of fused-ring (bicyclic) bond motifs is 3. The number of nitrogens with zero attached hydrogens (tertiary/aromatic N) is 4. The summed E-state index contributed by atoms with van der Waals surface area (Å²) in [7, 11) is 0. The summed E-state index contributed by atoms with van der Waals surface area (Å²) in [5.74, 6) is 0.544. The van der Waals surface area contributed by atoms with Gasteiger partial charge >= 0.3 is 0 Å². The summed E-state index contributed by atoms with van der Waals surface area (Å²) in [6.07, 6.45) is 1.01. The van der Waals surface area contributed by atoms with Gasteiger partial charge < -0.3 is 5.32 Å². The van der Waals surface area contributed by atoms with Crippen molar-refractivity contribution in [3.8, 4) is 11.3 Å². The Morgan fingerprint density at radius 3 is 2.81 bits per heavy atom. The average Bonchev–Trinajstić information content (AvgIpc) is 3.50. The highest BCUT2D eigenvalue weighted by Gasteiger charge is 2.20. The number of hydrogen-bond acceptors (Lipinski definition) is 6. The summed E-state index contributed by atoms with van der Waals surface area (Å²) < 4.78 is 1.94. The van der Waals surface area contributed by atoms with Crippen LogP contribution in [0.15, 0.2) is 59.1 Å². The van der Waals surface area contributed by atoms with E-state index in [0.717, 1.165) is 28.7 Å². The van der Waals surface area contributed by atoms with Crippen molar-refractivity contribution in [3.63, 3.8) is 0 Å². The number of anilines is 1. The van der Waals surface area contributed by atoms with Crippen LogP contribution in [-0.4, -0.2) is 35.7 Å². The number of thiazole rings is 1. The quantitative estimate of drug-likeness (QED) is 0.356. The third-order valence-corrected chi connectivity index (χ3v) is 6.86. The zero-order chi connectivity index (χ0) is 21.4. The smallest absolute Gasteiger partial charge is 0.239 e. The summed E-state index contributed by atoms with van der Waals surface area (Å²) in [5.41, 5.74) is 5.04. The Kier molecular flexibility index (Phi) is 5.21. The first-order valence-corrected chi connectivity index (χ1v) is 11.7. The Morgan fingerprint density at radius 1 is 1.19 bits per heavy atom. The van der Waals surface area contributed by atoms with Crippen LogP contribution in [0, 0.1) is 0 Å². The van der Waals surface area contributed by atoms with Crippen LogP contribution in [0.4, 0.5) is 5.13 Å². The molecule has 0 bridgehead atoms. The van der Waals surface area contributed by atoms with E-state index in [2.05, 4.69) is 56.7 Å². The number of hydrogen-bond donors (Lipinski definition) is 2. The molecule has 2 aromatic carbocycles. The Bertz CT molecular complexity index is 1370. The molecule has 0 aliphatic rings. The Hall–Kier alpha value is -3.17. The number of benzene rings is 2. The number of imidazole rings is 1. The topological polar surface area (TPSA) is 88.0 Å². The molecule has 0 radical (unpaired) electrons. The summed E-state index contributed by atoms with van der Waals surface area (Å²) in [4.78, 5) is 21.9. The lowest BCUT2D eigenvalue weighted by Crippen LogP contribution is -2.22. The molecule has 9 heteroatoms. The molecule has 0 aliphatic heterocycles. The van der Waals surface area contributed by atoms with E-state index in [1.165, 1.54) is 28.7 Å². The van der Waals surface area contributed by atoms with Gasteiger partial charge in [-0.25, -0.2) is 15.1 Å². The molecule has 5 aromatic rings. The second-order valence-corrected chi connectivity index (χ2v) is 9.27. The number of carbonyl (C=O) groups is 1. The van der Waals surface area contributed by atoms with Crippen molar-refractivity contribution in [1.29, 1.82) is 0 Å². The highest BCUT2D eigenvalue weighted by molar-refractivity contribution is 8.00. The molecular formula is C22H20N6OS2. The number of para-hydroxylation sites is 2. The SMILES string of the molecule is CCc1ccc(-c2csc(NC(=O)[C@H](C)Sc3n[nH]c4nc5ccccc5n34)n2)cc1. The molecule has 7 nitrogen and oxygen atoms in total. The second kappa shape index (κ2) is 8.16. The minimum Gasteiger partial charge on any atom is -0.301 e. The van der Waals surface area contributed by atoms with E-state index < -0.39 is 0 Å². The summed E-state index contributed by atoms with van der Waals surface area (Å²) in [6.45, 7) is 3.99. The van der Waals surface area contributed by atoms with Gasteiger partial charge in [-0.15, -0.1) is 16.4 Å². The third kappa shape index (κ3) is 3.82. The largest absolute Gasteiger partial charge is 0.301 e. The standard InChI is InChI=1S/C22H20N6OS2/c1-3-14-8-10-15(11-9-14)17-12-30-21(24-17)25-19(29)13(2)31-22-27-26-20-23-16-6-4-5-7-18(16)28(20)22/h4-13H,3H2,1-2H3,(H,23,26)(H,24,25,29)/t13-/m0/s1. The fraction of sp³-hybridized carbons (Fsp3) is 0.182. The van der Waals surface area contributed by atoms with Gasteiger partial charge in [0.25, 0.3) is 0 Å². The number of amides is 1. The summed E-state index contributed by atoms with van der Waals surface area (Å²) >= 11 is 2.80. The molecule has 0 saturated heterocycles.